The SMILES string of the molecule is O=C(Cn1ccccc1=O)N/N=C\c1cccc(OCc2ccccc2)c1. The molecular weight excluding hydrogens is 342 g/mol. The van der Waals surface area contributed by atoms with Crippen LogP contribution < -0.4 is 15.7 Å². The van der Waals surface area contributed by atoms with E-state index in [-0.39, 0.29) is 18.0 Å². The highest BCUT2D eigenvalue weighted by molar-refractivity contribution is 5.82. The molecule has 0 saturated carbocycles. The van der Waals surface area contributed by atoms with E-state index in [1.807, 2.05) is 54.6 Å². The molecule has 0 spiro atoms. The fourth-order valence-electron chi connectivity index (χ4n) is 2.39. The van der Waals surface area contributed by atoms with E-state index < -0.39 is 0 Å². The van der Waals surface area contributed by atoms with Gasteiger partial charge in [-0.25, -0.2) is 5.43 Å². The lowest BCUT2D eigenvalue weighted by molar-refractivity contribution is -0.121. The second kappa shape index (κ2) is 9.15. The molecule has 2 aromatic carbocycles. The van der Waals surface area contributed by atoms with Crippen LogP contribution in [0.3, 0.4) is 0 Å². The molecule has 0 bridgehead atoms. The Kier molecular flexibility index (Phi) is 6.14. The molecule has 0 aliphatic carbocycles. The van der Waals surface area contributed by atoms with Crippen molar-refractivity contribution in [3.05, 3.63) is 100 Å². The molecule has 0 aliphatic rings. The molecule has 0 aliphatic heterocycles. The highest BCUT2D eigenvalue weighted by Gasteiger charge is 2.02. The molecule has 0 saturated heterocycles. The summed E-state index contributed by atoms with van der Waals surface area (Å²) in [5.74, 6) is 0.334. The Hall–Kier alpha value is -3.67. The van der Waals surface area contributed by atoms with Crippen LogP contribution in [-0.4, -0.2) is 16.7 Å². The fourth-order valence-corrected chi connectivity index (χ4v) is 2.39. The number of carbonyl (C=O) groups is 1. The summed E-state index contributed by atoms with van der Waals surface area (Å²) < 4.78 is 7.07. The van der Waals surface area contributed by atoms with Crippen LogP contribution in [0.1, 0.15) is 11.1 Å². The minimum Gasteiger partial charge on any atom is -0.489 e. The van der Waals surface area contributed by atoms with Crippen LogP contribution in [0.2, 0.25) is 0 Å². The highest BCUT2D eigenvalue weighted by atomic mass is 16.5. The van der Waals surface area contributed by atoms with E-state index in [9.17, 15) is 9.59 Å². The number of nitrogens with one attached hydrogen (secondary N) is 1. The highest BCUT2D eigenvalue weighted by Crippen LogP contribution is 2.14. The third-order valence-corrected chi connectivity index (χ3v) is 3.72. The molecule has 3 aromatic rings. The van der Waals surface area contributed by atoms with Crippen molar-refractivity contribution < 1.29 is 9.53 Å². The summed E-state index contributed by atoms with van der Waals surface area (Å²) in [5, 5.41) is 3.93. The molecule has 6 heteroatoms. The maximum Gasteiger partial charge on any atom is 0.260 e. The van der Waals surface area contributed by atoms with Gasteiger partial charge in [-0.15, -0.1) is 0 Å². The number of pyridine rings is 1. The number of hydrogen-bond acceptors (Lipinski definition) is 4. The van der Waals surface area contributed by atoms with Gasteiger partial charge in [0.05, 0.1) is 6.21 Å². The van der Waals surface area contributed by atoms with E-state index in [0.717, 1.165) is 11.1 Å². The molecule has 0 fully saturated rings. The van der Waals surface area contributed by atoms with Gasteiger partial charge in [-0.2, -0.15) is 5.10 Å². The number of benzene rings is 2. The predicted molar refractivity (Wildman–Crippen MR) is 104 cm³/mol. The topological polar surface area (TPSA) is 72.7 Å². The van der Waals surface area contributed by atoms with Gasteiger partial charge in [0.15, 0.2) is 0 Å². The number of carbonyl (C=O) groups excluding carboxylic acids is 1. The van der Waals surface area contributed by atoms with Gasteiger partial charge in [-0.05, 0) is 29.3 Å². The Morgan fingerprint density at radius 2 is 1.85 bits per heavy atom. The van der Waals surface area contributed by atoms with E-state index in [1.165, 1.54) is 16.8 Å². The summed E-state index contributed by atoms with van der Waals surface area (Å²) in [6.45, 7) is 0.390. The molecule has 136 valence electrons. The number of ether oxygens (including phenoxy) is 1. The molecule has 1 aromatic heterocycles. The number of hydrazone groups is 1. The van der Waals surface area contributed by atoms with Crippen molar-refractivity contribution in [3.8, 4) is 5.75 Å². The lowest BCUT2D eigenvalue weighted by atomic mass is 10.2. The largest absolute Gasteiger partial charge is 0.489 e. The van der Waals surface area contributed by atoms with Crippen LogP contribution in [0.5, 0.6) is 5.75 Å². The van der Waals surface area contributed by atoms with Gasteiger partial charge in [-0.3, -0.25) is 9.59 Å². The first-order chi connectivity index (χ1) is 13.2. The first kappa shape index (κ1) is 18.1. The monoisotopic (exact) mass is 361 g/mol. The Bertz CT molecular complexity index is 981. The second-order valence-electron chi connectivity index (χ2n) is 5.81. The average molecular weight is 361 g/mol. The zero-order valence-corrected chi connectivity index (χ0v) is 14.6. The first-order valence-corrected chi connectivity index (χ1v) is 8.45. The van der Waals surface area contributed by atoms with Gasteiger partial charge in [0, 0.05) is 12.3 Å². The summed E-state index contributed by atoms with van der Waals surface area (Å²) in [6.07, 6.45) is 3.08. The van der Waals surface area contributed by atoms with Crippen molar-refractivity contribution >= 4 is 12.1 Å². The molecule has 1 heterocycles. The zero-order valence-electron chi connectivity index (χ0n) is 14.6. The van der Waals surface area contributed by atoms with Crippen LogP contribution in [0.15, 0.2) is 88.9 Å². The third kappa shape index (κ3) is 5.67. The summed E-state index contributed by atoms with van der Waals surface area (Å²) in [4.78, 5) is 23.5. The summed E-state index contributed by atoms with van der Waals surface area (Å²) in [6, 6.07) is 22.0. The number of aromatic nitrogens is 1. The molecule has 6 nitrogen and oxygen atoms in total. The minimum atomic E-state index is -0.379. The molecule has 1 amide bonds. The van der Waals surface area contributed by atoms with Gasteiger partial charge in [0.25, 0.3) is 11.5 Å². The van der Waals surface area contributed by atoms with Crippen LogP contribution in [0, 0.1) is 0 Å². The Morgan fingerprint density at radius 1 is 1.04 bits per heavy atom. The molecule has 1 N–H and O–H groups in total. The van der Waals surface area contributed by atoms with Crippen molar-refractivity contribution in [3.63, 3.8) is 0 Å². The van der Waals surface area contributed by atoms with E-state index in [0.29, 0.717) is 12.4 Å². The summed E-state index contributed by atoms with van der Waals surface area (Å²) >= 11 is 0. The number of amides is 1. The van der Waals surface area contributed by atoms with E-state index in [1.54, 1.807) is 18.3 Å². The lowest BCUT2D eigenvalue weighted by Gasteiger charge is -2.07. The van der Waals surface area contributed by atoms with Crippen LogP contribution in [0.4, 0.5) is 0 Å². The number of nitrogens with zero attached hydrogens (tertiary/aromatic N) is 2. The van der Waals surface area contributed by atoms with Crippen molar-refractivity contribution in [2.45, 2.75) is 13.2 Å². The Balaban J connectivity index is 1.53. The molecule has 0 radical (unpaired) electrons. The second-order valence-corrected chi connectivity index (χ2v) is 5.81. The fraction of sp³-hybridized carbons (Fsp3) is 0.0952. The molecule has 3 rings (SSSR count). The number of hydrogen-bond donors (Lipinski definition) is 1. The summed E-state index contributed by atoms with van der Waals surface area (Å²) in [7, 11) is 0. The zero-order chi connectivity index (χ0) is 18.9. The van der Waals surface area contributed by atoms with Crippen LogP contribution >= 0.6 is 0 Å². The lowest BCUT2D eigenvalue weighted by Crippen LogP contribution is -2.28. The van der Waals surface area contributed by atoms with Crippen molar-refractivity contribution in [2.75, 3.05) is 0 Å². The van der Waals surface area contributed by atoms with Crippen molar-refractivity contribution in [2.24, 2.45) is 5.10 Å². The van der Waals surface area contributed by atoms with Crippen LogP contribution in [-0.2, 0) is 17.9 Å². The van der Waals surface area contributed by atoms with Gasteiger partial charge >= 0.3 is 0 Å². The van der Waals surface area contributed by atoms with Gasteiger partial charge in [-0.1, -0.05) is 48.5 Å². The first-order valence-electron chi connectivity index (χ1n) is 8.45. The standard InChI is InChI=1S/C21H19N3O3/c25-20(15-24-12-5-4-11-21(24)26)23-22-14-18-9-6-10-19(13-18)27-16-17-7-2-1-3-8-17/h1-14H,15-16H2,(H,23,25)/b22-14-. The maximum atomic E-state index is 11.9. The van der Waals surface area contributed by atoms with Gasteiger partial charge < -0.3 is 9.30 Å². The normalized spacial score (nSPS) is 10.7. The Labute approximate surface area is 156 Å². The van der Waals surface area contributed by atoms with Crippen LogP contribution in [0.25, 0.3) is 0 Å². The predicted octanol–water partition coefficient (Wildman–Crippen LogP) is 2.58. The van der Waals surface area contributed by atoms with Gasteiger partial charge in [0.1, 0.15) is 18.9 Å². The average Bonchev–Trinajstić information content (AvgIpc) is 2.69. The van der Waals surface area contributed by atoms with E-state index in [4.69, 9.17) is 4.74 Å². The van der Waals surface area contributed by atoms with Gasteiger partial charge in [0.2, 0.25) is 0 Å². The maximum absolute atomic E-state index is 11.9. The Morgan fingerprint density at radius 3 is 2.67 bits per heavy atom. The number of rotatable bonds is 7. The third-order valence-electron chi connectivity index (χ3n) is 3.72. The molecule has 0 atom stereocenters. The summed E-state index contributed by atoms with van der Waals surface area (Å²) in [5.41, 5.74) is 4.05. The van der Waals surface area contributed by atoms with Crippen molar-refractivity contribution in [1.82, 2.24) is 9.99 Å². The molecule has 0 unspecified atom stereocenters. The van der Waals surface area contributed by atoms with E-state index >= 15 is 0 Å². The smallest absolute Gasteiger partial charge is 0.260 e. The molecule has 27 heavy (non-hydrogen) atoms. The minimum absolute atomic E-state index is 0.0861. The quantitative estimate of drug-likeness (QED) is 0.519. The van der Waals surface area contributed by atoms with Crippen molar-refractivity contribution in [1.29, 1.82) is 0 Å². The molecular formula is C21H19N3O3. The van der Waals surface area contributed by atoms with E-state index in [2.05, 4.69) is 10.5 Å².